The van der Waals surface area contributed by atoms with E-state index >= 15 is 0 Å². The normalized spacial score (nSPS) is 12.8. The zero-order chi connectivity index (χ0) is 12.8. The van der Waals surface area contributed by atoms with Gasteiger partial charge in [0.2, 0.25) is 0 Å². The Morgan fingerprint density at radius 2 is 1.71 bits per heavy atom. The molecule has 1 atom stereocenters. The van der Waals surface area contributed by atoms with Gasteiger partial charge in [-0.25, -0.2) is 13.2 Å². The van der Waals surface area contributed by atoms with Crippen molar-refractivity contribution in [2.75, 3.05) is 6.54 Å². The van der Waals surface area contributed by atoms with E-state index in [4.69, 9.17) is 0 Å². The maximum Gasteiger partial charge on any atom is 0.194 e. The molecule has 0 aromatic heterocycles. The Labute approximate surface area is 100 Å². The first-order chi connectivity index (χ1) is 8.10. The third-order valence-electron chi connectivity index (χ3n) is 2.71. The summed E-state index contributed by atoms with van der Waals surface area (Å²) in [7, 11) is 0. The molecule has 0 amide bonds. The highest BCUT2D eigenvalue weighted by atomic mass is 19.2. The lowest BCUT2D eigenvalue weighted by molar-refractivity contribution is 0.435. The lowest BCUT2D eigenvalue weighted by Crippen LogP contribution is -2.21. The average Bonchev–Trinajstić information content (AvgIpc) is 2.31. The van der Waals surface area contributed by atoms with Gasteiger partial charge in [-0.3, -0.25) is 0 Å². The van der Waals surface area contributed by atoms with Crippen LogP contribution in [0.15, 0.2) is 12.1 Å². The van der Waals surface area contributed by atoms with Crippen LogP contribution in [0.2, 0.25) is 0 Å². The number of nitrogens with one attached hydrogen (secondary N) is 1. The van der Waals surface area contributed by atoms with Gasteiger partial charge in [-0.1, -0.05) is 26.7 Å². The molecule has 1 unspecified atom stereocenters. The maximum absolute atomic E-state index is 13.1. The van der Waals surface area contributed by atoms with E-state index in [0.717, 1.165) is 31.4 Å². The van der Waals surface area contributed by atoms with Gasteiger partial charge in [0.25, 0.3) is 0 Å². The van der Waals surface area contributed by atoms with E-state index in [-0.39, 0.29) is 6.04 Å². The van der Waals surface area contributed by atoms with E-state index in [1.165, 1.54) is 0 Å². The van der Waals surface area contributed by atoms with Gasteiger partial charge in [-0.2, -0.15) is 0 Å². The van der Waals surface area contributed by atoms with E-state index in [9.17, 15) is 13.2 Å². The fourth-order valence-corrected chi connectivity index (χ4v) is 1.82. The number of hydrogen-bond acceptors (Lipinski definition) is 1. The first kappa shape index (κ1) is 14.0. The highest BCUT2D eigenvalue weighted by Gasteiger charge is 2.16. The maximum atomic E-state index is 13.1. The van der Waals surface area contributed by atoms with Crippen LogP contribution >= 0.6 is 0 Å². The van der Waals surface area contributed by atoms with Gasteiger partial charge >= 0.3 is 0 Å². The predicted molar refractivity (Wildman–Crippen MR) is 62.3 cm³/mol. The smallest absolute Gasteiger partial charge is 0.194 e. The third kappa shape index (κ3) is 3.73. The fraction of sp³-hybridized carbons (Fsp3) is 0.538. The van der Waals surface area contributed by atoms with Gasteiger partial charge in [-0.05, 0) is 30.7 Å². The Morgan fingerprint density at radius 1 is 1.12 bits per heavy atom. The van der Waals surface area contributed by atoms with E-state index in [2.05, 4.69) is 12.2 Å². The van der Waals surface area contributed by atoms with Crippen LogP contribution in [0.25, 0.3) is 0 Å². The first-order valence-corrected chi connectivity index (χ1v) is 5.98. The molecule has 1 nitrogen and oxygen atoms in total. The van der Waals surface area contributed by atoms with Crippen LogP contribution in [-0.2, 0) is 0 Å². The van der Waals surface area contributed by atoms with Gasteiger partial charge in [0.1, 0.15) is 0 Å². The molecule has 17 heavy (non-hydrogen) atoms. The van der Waals surface area contributed by atoms with Crippen molar-refractivity contribution in [1.82, 2.24) is 5.32 Å². The Morgan fingerprint density at radius 3 is 2.18 bits per heavy atom. The van der Waals surface area contributed by atoms with Crippen molar-refractivity contribution in [3.63, 3.8) is 0 Å². The zero-order valence-corrected chi connectivity index (χ0v) is 10.2. The minimum absolute atomic E-state index is 0.121. The second kappa shape index (κ2) is 6.64. The Kier molecular flexibility index (Phi) is 5.48. The van der Waals surface area contributed by atoms with Crippen molar-refractivity contribution >= 4 is 0 Å². The predicted octanol–water partition coefficient (Wildman–Crippen LogP) is 3.94. The number of rotatable bonds is 6. The van der Waals surface area contributed by atoms with Gasteiger partial charge in [0.05, 0.1) is 0 Å². The number of halogens is 3. The number of unbranched alkanes of at least 4 members (excludes halogenated alkanes) is 1. The van der Waals surface area contributed by atoms with Crippen LogP contribution in [0, 0.1) is 17.5 Å². The molecule has 0 aliphatic rings. The van der Waals surface area contributed by atoms with Gasteiger partial charge in [0.15, 0.2) is 17.5 Å². The van der Waals surface area contributed by atoms with E-state index in [1.54, 1.807) is 0 Å². The quantitative estimate of drug-likeness (QED) is 0.748. The number of benzene rings is 1. The largest absolute Gasteiger partial charge is 0.310 e. The second-order valence-corrected chi connectivity index (χ2v) is 4.05. The summed E-state index contributed by atoms with van der Waals surface area (Å²) in [5, 5.41) is 3.15. The second-order valence-electron chi connectivity index (χ2n) is 4.05. The minimum atomic E-state index is -1.40. The molecule has 1 rings (SSSR count). The monoisotopic (exact) mass is 245 g/mol. The summed E-state index contributed by atoms with van der Waals surface area (Å²) < 4.78 is 39.1. The molecule has 96 valence electrons. The first-order valence-electron chi connectivity index (χ1n) is 5.98. The number of hydrogen-bond donors (Lipinski definition) is 1. The SMILES string of the molecule is CCCCC(NCC)c1cc(F)c(F)c(F)c1. The highest BCUT2D eigenvalue weighted by molar-refractivity contribution is 5.22. The van der Waals surface area contributed by atoms with Crippen molar-refractivity contribution < 1.29 is 13.2 Å². The topological polar surface area (TPSA) is 12.0 Å². The van der Waals surface area contributed by atoms with Crippen LogP contribution in [0.4, 0.5) is 13.2 Å². The minimum Gasteiger partial charge on any atom is -0.310 e. The summed E-state index contributed by atoms with van der Waals surface area (Å²) >= 11 is 0. The average molecular weight is 245 g/mol. The summed E-state index contributed by atoms with van der Waals surface area (Å²) in [6, 6.07) is 2.02. The molecule has 1 aromatic rings. The molecule has 4 heteroatoms. The molecular weight excluding hydrogens is 227 g/mol. The van der Waals surface area contributed by atoms with E-state index in [0.29, 0.717) is 12.1 Å². The zero-order valence-electron chi connectivity index (χ0n) is 10.2. The van der Waals surface area contributed by atoms with Crippen molar-refractivity contribution in [2.45, 2.75) is 39.2 Å². The lowest BCUT2D eigenvalue weighted by Gasteiger charge is -2.18. The van der Waals surface area contributed by atoms with Gasteiger partial charge < -0.3 is 5.32 Å². The summed E-state index contributed by atoms with van der Waals surface area (Å²) in [4.78, 5) is 0. The summed E-state index contributed by atoms with van der Waals surface area (Å²) in [5.74, 6) is -3.65. The van der Waals surface area contributed by atoms with Crippen molar-refractivity contribution in [2.24, 2.45) is 0 Å². The molecule has 0 fully saturated rings. The van der Waals surface area contributed by atoms with Crippen LogP contribution in [0.3, 0.4) is 0 Å². The molecule has 0 aliphatic carbocycles. The van der Waals surface area contributed by atoms with Crippen LogP contribution in [0.5, 0.6) is 0 Å². The Balaban J connectivity index is 2.93. The molecule has 1 aromatic carbocycles. The van der Waals surface area contributed by atoms with E-state index in [1.807, 2.05) is 6.92 Å². The van der Waals surface area contributed by atoms with Crippen molar-refractivity contribution in [3.05, 3.63) is 35.1 Å². The molecule has 0 aliphatic heterocycles. The molecule has 1 N–H and O–H groups in total. The van der Waals surface area contributed by atoms with Gasteiger partial charge in [0, 0.05) is 6.04 Å². The third-order valence-corrected chi connectivity index (χ3v) is 2.71. The summed E-state index contributed by atoms with van der Waals surface area (Å²) in [6.07, 6.45) is 2.75. The summed E-state index contributed by atoms with van der Waals surface area (Å²) in [5.41, 5.74) is 0.469. The van der Waals surface area contributed by atoms with Gasteiger partial charge in [-0.15, -0.1) is 0 Å². The molecule has 0 bridgehead atoms. The van der Waals surface area contributed by atoms with Crippen LogP contribution in [-0.4, -0.2) is 6.54 Å². The van der Waals surface area contributed by atoms with Crippen molar-refractivity contribution in [1.29, 1.82) is 0 Å². The molecule has 0 radical (unpaired) electrons. The molecule has 0 saturated carbocycles. The van der Waals surface area contributed by atoms with Crippen molar-refractivity contribution in [3.8, 4) is 0 Å². The molecule has 0 spiro atoms. The van der Waals surface area contributed by atoms with Crippen LogP contribution < -0.4 is 5.32 Å². The molecular formula is C13H18F3N. The van der Waals surface area contributed by atoms with E-state index < -0.39 is 17.5 Å². The Hall–Kier alpha value is -1.03. The standard InChI is InChI=1S/C13H18F3N/c1-3-5-6-12(17-4-2)9-7-10(14)13(16)11(15)8-9/h7-8,12,17H,3-6H2,1-2H3. The highest BCUT2D eigenvalue weighted by Crippen LogP contribution is 2.23. The Bertz CT molecular complexity index is 343. The fourth-order valence-electron chi connectivity index (χ4n) is 1.82. The molecule has 0 saturated heterocycles. The molecule has 0 heterocycles. The lowest BCUT2D eigenvalue weighted by atomic mass is 10.0. The summed E-state index contributed by atoms with van der Waals surface area (Å²) in [6.45, 7) is 4.68. The van der Waals surface area contributed by atoms with Crippen LogP contribution in [0.1, 0.15) is 44.7 Å².